The minimum absolute atomic E-state index is 0.148. The third-order valence-electron chi connectivity index (χ3n) is 4.20. The molecule has 0 unspecified atom stereocenters. The van der Waals surface area contributed by atoms with Crippen LogP contribution >= 0.6 is 11.6 Å². The minimum Gasteiger partial charge on any atom is -0.504 e. The Labute approximate surface area is 153 Å². The predicted octanol–water partition coefficient (Wildman–Crippen LogP) is 4.86. The fourth-order valence-electron chi connectivity index (χ4n) is 2.84. The number of ether oxygens (including phenoxy) is 1. The maximum atomic E-state index is 10.5. The number of pyridine rings is 1. The number of benzene rings is 2. The number of nitrogens with zero attached hydrogens (tertiary/aromatic N) is 2. The standard InChI is InChI=1S/C20H23ClN2O2/c1-23(2)10-4-3-5-11-25-19-9-8-17-16(20(19)24)12-14-6-7-15(21)13-18(14)22-17/h6-9,12-13,24H,3-5,10-11H2,1-2H3. The van der Waals surface area contributed by atoms with Crippen molar-refractivity contribution in [2.24, 2.45) is 0 Å². The van der Waals surface area contributed by atoms with Crippen molar-refractivity contribution in [3.63, 3.8) is 0 Å². The Kier molecular flexibility index (Phi) is 5.61. The van der Waals surface area contributed by atoms with Crippen LogP contribution in [0.1, 0.15) is 19.3 Å². The molecule has 0 saturated carbocycles. The van der Waals surface area contributed by atoms with Gasteiger partial charge < -0.3 is 14.7 Å². The number of phenolic OH excluding ortho intramolecular Hbond substituents is 1. The number of aromatic hydroxyl groups is 1. The molecule has 1 heterocycles. The topological polar surface area (TPSA) is 45.6 Å². The molecule has 4 nitrogen and oxygen atoms in total. The lowest BCUT2D eigenvalue weighted by Crippen LogP contribution is -2.13. The van der Waals surface area contributed by atoms with E-state index in [4.69, 9.17) is 16.3 Å². The molecule has 0 saturated heterocycles. The molecule has 25 heavy (non-hydrogen) atoms. The van der Waals surface area contributed by atoms with Crippen molar-refractivity contribution < 1.29 is 9.84 Å². The van der Waals surface area contributed by atoms with Crippen LogP contribution in [0.4, 0.5) is 0 Å². The van der Waals surface area contributed by atoms with Crippen LogP contribution in [-0.4, -0.2) is 42.2 Å². The number of unbranched alkanes of at least 4 members (excludes halogenated alkanes) is 2. The normalized spacial score (nSPS) is 11.5. The number of phenols is 1. The molecular formula is C20H23ClN2O2. The number of aromatic nitrogens is 1. The maximum absolute atomic E-state index is 10.5. The SMILES string of the molecule is CN(C)CCCCCOc1ccc2nc3cc(Cl)ccc3cc2c1O. The third kappa shape index (κ3) is 4.33. The summed E-state index contributed by atoms with van der Waals surface area (Å²) >= 11 is 6.02. The molecule has 5 heteroatoms. The summed E-state index contributed by atoms with van der Waals surface area (Å²) in [6.07, 6.45) is 3.23. The van der Waals surface area contributed by atoms with Gasteiger partial charge >= 0.3 is 0 Å². The summed E-state index contributed by atoms with van der Waals surface area (Å²) in [5.74, 6) is 0.658. The minimum atomic E-state index is 0.148. The second-order valence-corrected chi connectivity index (χ2v) is 6.95. The number of fused-ring (bicyclic) bond motifs is 2. The highest BCUT2D eigenvalue weighted by molar-refractivity contribution is 6.31. The Hall–Kier alpha value is -2.04. The van der Waals surface area contributed by atoms with E-state index in [1.54, 1.807) is 6.07 Å². The van der Waals surface area contributed by atoms with Crippen molar-refractivity contribution in [1.29, 1.82) is 0 Å². The largest absolute Gasteiger partial charge is 0.504 e. The summed E-state index contributed by atoms with van der Waals surface area (Å²) in [7, 11) is 4.16. The zero-order valence-electron chi connectivity index (χ0n) is 14.6. The number of halogens is 1. The lowest BCUT2D eigenvalue weighted by molar-refractivity contribution is 0.286. The highest BCUT2D eigenvalue weighted by atomic mass is 35.5. The molecule has 0 amide bonds. The lowest BCUT2D eigenvalue weighted by Gasteiger charge is -2.11. The number of hydrogen-bond acceptors (Lipinski definition) is 4. The van der Waals surface area contributed by atoms with E-state index >= 15 is 0 Å². The van der Waals surface area contributed by atoms with Crippen LogP contribution in [-0.2, 0) is 0 Å². The van der Waals surface area contributed by atoms with Crippen molar-refractivity contribution in [3.05, 3.63) is 41.4 Å². The first-order chi connectivity index (χ1) is 12.0. The Bertz CT molecular complexity index is 880. The van der Waals surface area contributed by atoms with Gasteiger partial charge in [-0.25, -0.2) is 4.98 Å². The van der Waals surface area contributed by atoms with Crippen molar-refractivity contribution in [3.8, 4) is 11.5 Å². The van der Waals surface area contributed by atoms with Crippen molar-refractivity contribution in [2.75, 3.05) is 27.2 Å². The van der Waals surface area contributed by atoms with E-state index in [1.807, 2.05) is 30.3 Å². The molecular weight excluding hydrogens is 336 g/mol. The van der Waals surface area contributed by atoms with Crippen LogP contribution in [0.2, 0.25) is 5.02 Å². The van der Waals surface area contributed by atoms with Crippen molar-refractivity contribution >= 4 is 33.4 Å². The molecule has 132 valence electrons. The zero-order valence-corrected chi connectivity index (χ0v) is 15.4. The van der Waals surface area contributed by atoms with Gasteiger partial charge in [0, 0.05) is 15.8 Å². The zero-order chi connectivity index (χ0) is 17.8. The third-order valence-corrected chi connectivity index (χ3v) is 4.43. The van der Waals surface area contributed by atoms with E-state index in [0.29, 0.717) is 22.8 Å². The van der Waals surface area contributed by atoms with E-state index in [-0.39, 0.29) is 5.75 Å². The quantitative estimate of drug-likeness (QED) is 0.484. The second-order valence-electron chi connectivity index (χ2n) is 6.52. The fraction of sp³-hybridized carbons (Fsp3) is 0.350. The first-order valence-corrected chi connectivity index (χ1v) is 8.92. The first-order valence-electron chi connectivity index (χ1n) is 8.54. The number of rotatable bonds is 7. The molecule has 0 aliphatic rings. The fourth-order valence-corrected chi connectivity index (χ4v) is 3.01. The highest BCUT2D eigenvalue weighted by Gasteiger charge is 2.10. The summed E-state index contributed by atoms with van der Waals surface area (Å²) in [5, 5.41) is 12.8. The van der Waals surface area contributed by atoms with Gasteiger partial charge in [0.15, 0.2) is 11.5 Å². The molecule has 0 atom stereocenters. The van der Waals surface area contributed by atoms with Gasteiger partial charge in [-0.3, -0.25) is 0 Å². The molecule has 0 spiro atoms. The molecule has 1 N–H and O–H groups in total. The molecule has 3 rings (SSSR count). The summed E-state index contributed by atoms with van der Waals surface area (Å²) in [4.78, 5) is 6.75. The Balaban J connectivity index is 1.73. The summed E-state index contributed by atoms with van der Waals surface area (Å²) < 4.78 is 5.77. The van der Waals surface area contributed by atoms with Crippen molar-refractivity contribution in [1.82, 2.24) is 9.88 Å². The number of hydrogen-bond donors (Lipinski definition) is 1. The van der Waals surface area contributed by atoms with Crippen LogP contribution in [0, 0.1) is 0 Å². The van der Waals surface area contributed by atoms with E-state index in [9.17, 15) is 5.11 Å². The lowest BCUT2D eigenvalue weighted by atomic mass is 10.1. The summed E-state index contributed by atoms with van der Waals surface area (Å²) in [5.41, 5.74) is 1.54. The van der Waals surface area contributed by atoms with E-state index < -0.39 is 0 Å². The van der Waals surface area contributed by atoms with Crippen LogP contribution in [0.25, 0.3) is 21.8 Å². The van der Waals surface area contributed by atoms with Gasteiger partial charge in [-0.2, -0.15) is 0 Å². The van der Waals surface area contributed by atoms with Gasteiger partial charge in [-0.05, 0) is 70.2 Å². The molecule has 0 bridgehead atoms. The molecule has 0 radical (unpaired) electrons. The van der Waals surface area contributed by atoms with Gasteiger partial charge in [-0.15, -0.1) is 0 Å². The average molecular weight is 359 g/mol. The highest BCUT2D eigenvalue weighted by Crippen LogP contribution is 2.35. The maximum Gasteiger partial charge on any atom is 0.167 e. The first kappa shape index (κ1) is 17.8. The van der Waals surface area contributed by atoms with Gasteiger partial charge in [0.2, 0.25) is 0 Å². The Morgan fingerprint density at radius 3 is 2.68 bits per heavy atom. The van der Waals surface area contributed by atoms with Crippen LogP contribution in [0.15, 0.2) is 36.4 Å². The van der Waals surface area contributed by atoms with Crippen LogP contribution in [0.3, 0.4) is 0 Å². The predicted molar refractivity (Wildman–Crippen MR) is 104 cm³/mol. The van der Waals surface area contributed by atoms with Crippen LogP contribution < -0.4 is 4.74 Å². The van der Waals surface area contributed by atoms with E-state index in [0.717, 1.165) is 42.2 Å². The summed E-state index contributed by atoms with van der Waals surface area (Å²) in [6, 6.07) is 11.1. The van der Waals surface area contributed by atoms with Gasteiger partial charge in [0.05, 0.1) is 17.6 Å². The summed E-state index contributed by atoms with van der Waals surface area (Å²) in [6.45, 7) is 1.69. The molecule has 1 aromatic heterocycles. The average Bonchev–Trinajstić information content (AvgIpc) is 2.58. The van der Waals surface area contributed by atoms with Gasteiger partial charge in [0.1, 0.15) is 0 Å². The van der Waals surface area contributed by atoms with Gasteiger partial charge in [0.25, 0.3) is 0 Å². The van der Waals surface area contributed by atoms with E-state index in [2.05, 4.69) is 24.0 Å². The monoisotopic (exact) mass is 358 g/mol. The Morgan fingerprint density at radius 1 is 1.04 bits per heavy atom. The second kappa shape index (κ2) is 7.89. The van der Waals surface area contributed by atoms with Crippen molar-refractivity contribution in [2.45, 2.75) is 19.3 Å². The smallest absolute Gasteiger partial charge is 0.167 e. The molecule has 0 aliphatic carbocycles. The molecule has 0 aliphatic heterocycles. The molecule has 3 aromatic rings. The van der Waals surface area contributed by atoms with Crippen LogP contribution in [0.5, 0.6) is 11.5 Å². The Morgan fingerprint density at radius 2 is 1.88 bits per heavy atom. The van der Waals surface area contributed by atoms with E-state index in [1.165, 1.54) is 0 Å². The molecule has 0 fully saturated rings. The van der Waals surface area contributed by atoms with Gasteiger partial charge in [-0.1, -0.05) is 17.7 Å². The molecule has 2 aromatic carbocycles.